The van der Waals surface area contributed by atoms with Gasteiger partial charge in [-0.05, 0) is 67.8 Å². The number of methoxy groups -OCH3 is 1. The van der Waals surface area contributed by atoms with Crippen LogP contribution in [-0.4, -0.2) is 41.9 Å². The summed E-state index contributed by atoms with van der Waals surface area (Å²) in [7, 11) is 1.65. The Morgan fingerprint density at radius 2 is 1.97 bits per heavy atom. The lowest BCUT2D eigenvalue weighted by Crippen LogP contribution is -2.26. The number of rotatable bonds is 8. The van der Waals surface area contributed by atoms with Gasteiger partial charge in [-0.3, -0.25) is 14.8 Å². The Morgan fingerprint density at radius 3 is 2.70 bits per heavy atom. The predicted octanol–water partition coefficient (Wildman–Crippen LogP) is 4.74. The first-order valence-electron chi connectivity index (χ1n) is 11.1. The summed E-state index contributed by atoms with van der Waals surface area (Å²) in [5.74, 6) is 1.29. The molecule has 1 amide bonds. The monoisotopic (exact) mass is 444 g/mol. The highest BCUT2D eigenvalue weighted by molar-refractivity contribution is 6.04. The van der Waals surface area contributed by atoms with Gasteiger partial charge in [0.05, 0.1) is 31.5 Å². The minimum Gasteiger partial charge on any atom is -0.493 e. The number of anilines is 1. The van der Waals surface area contributed by atoms with E-state index in [2.05, 4.69) is 15.3 Å². The fourth-order valence-electron chi connectivity index (χ4n) is 3.75. The van der Waals surface area contributed by atoms with Gasteiger partial charge in [0.15, 0.2) is 11.5 Å². The lowest BCUT2D eigenvalue weighted by molar-refractivity contribution is 0.102. The van der Waals surface area contributed by atoms with Crippen molar-refractivity contribution in [2.75, 3.05) is 25.6 Å². The summed E-state index contributed by atoms with van der Waals surface area (Å²) in [6.45, 7) is 4.14. The quantitative estimate of drug-likeness (QED) is 0.543. The summed E-state index contributed by atoms with van der Waals surface area (Å²) in [4.78, 5) is 16.3. The fraction of sp³-hybridized carbons (Fsp3) is 0.269. The third kappa shape index (κ3) is 5.68. The summed E-state index contributed by atoms with van der Waals surface area (Å²) >= 11 is 0. The number of benzene rings is 2. The number of aromatic nitrogens is 1. The van der Waals surface area contributed by atoms with Crippen molar-refractivity contribution in [1.29, 1.82) is 0 Å². The van der Waals surface area contributed by atoms with Gasteiger partial charge in [-0.2, -0.15) is 5.10 Å². The Morgan fingerprint density at radius 1 is 1.12 bits per heavy atom. The molecule has 1 aliphatic heterocycles. The van der Waals surface area contributed by atoms with Crippen molar-refractivity contribution >= 4 is 17.3 Å². The molecule has 0 fully saturated rings. The molecule has 33 heavy (non-hydrogen) atoms. The van der Waals surface area contributed by atoms with E-state index in [4.69, 9.17) is 14.6 Å². The molecule has 1 aliphatic rings. The predicted molar refractivity (Wildman–Crippen MR) is 129 cm³/mol. The van der Waals surface area contributed by atoms with E-state index >= 15 is 0 Å². The van der Waals surface area contributed by atoms with Crippen LogP contribution in [0.25, 0.3) is 0 Å². The number of nitrogens with zero attached hydrogens (tertiary/aromatic N) is 3. The molecule has 7 nitrogen and oxygen atoms in total. The summed E-state index contributed by atoms with van der Waals surface area (Å²) < 4.78 is 11.1. The van der Waals surface area contributed by atoms with Gasteiger partial charge in [-0.15, -0.1) is 0 Å². The maximum atomic E-state index is 12.3. The third-order valence-electron chi connectivity index (χ3n) is 5.39. The molecule has 0 unspecified atom stereocenters. The van der Waals surface area contributed by atoms with Gasteiger partial charge in [-0.1, -0.05) is 12.1 Å². The maximum absolute atomic E-state index is 12.3. The average Bonchev–Trinajstić information content (AvgIpc) is 2.86. The highest BCUT2D eigenvalue weighted by Gasteiger charge is 2.16. The van der Waals surface area contributed by atoms with Crippen LogP contribution < -0.4 is 14.8 Å². The Balaban J connectivity index is 1.42. The molecule has 170 valence electrons. The Bertz CT molecular complexity index is 1110. The minimum absolute atomic E-state index is 0.174. The molecule has 3 aromatic rings. The van der Waals surface area contributed by atoms with E-state index < -0.39 is 0 Å². The third-order valence-corrected chi connectivity index (χ3v) is 5.39. The van der Waals surface area contributed by atoms with E-state index in [0.29, 0.717) is 18.7 Å². The topological polar surface area (TPSA) is 76.0 Å². The number of nitrogens with one attached hydrogen (secondary N) is 1. The number of carbonyl (C=O) groups is 1. The fourth-order valence-corrected chi connectivity index (χ4v) is 3.75. The van der Waals surface area contributed by atoms with Crippen LogP contribution in [0.2, 0.25) is 0 Å². The molecule has 0 saturated carbocycles. The molecule has 2 heterocycles. The van der Waals surface area contributed by atoms with E-state index in [0.717, 1.165) is 53.4 Å². The second-order valence-electron chi connectivity index (χ2n) is 7.73. The Kier molecular flexibility index (Phi) is 7.19. The molecule has 0 spiro atoms. The van der Waals surface area contributed by atoms with Gasteiger partial charge in [-0.25, -0.2) is 0 Å². The molecule has 1 N–H and O–H groups in total. The van der Waals surface area contributed by atoms with E-state index in [9.17, 15) is 4.79 Å². The van der Waals surface area contributed by atoms with Crippen LogP contribution in [0.5, 0.6) is 11.5 Å². The number of carbonyl (C=O) groups excluding carboxylic acids is 1. The van der Waals surface area contributed by atoms with Crippen LogP contribution in [0, 0.1) is 0 Å². The molecule has 1 aromatic heterocycles. The van der Waals surface area contributed by atoms with Gasteiger partial charge in [0.25, 0.3) is 5.91 Å². The normalized spacial score (nSPS) is 13.3. The van der Waals surface area contributed by atoms with Crippen molar-refractivity contribution in [3.05, 3.63) is 83.7 Å². The molecule has 4 rings (SSSR count). The van der Waals surface area contributed by atoms with Crippen LogP contribution in [-0.2, 0) is 6.54 Å². The van der Waals surface area contributed by atoms with Gasteiger partial charge >= 0.3 is 0 Å². The SMILES string of the molecule is CCOc1cc(C2=NN(Cc3ccc(NC(=O)c4cccnc4)cc3)CCC2)ccc1OC. The number of ether oxygens (including phenoxy) is 2. The van der Waals surface area contributed by atoms with Gasteiger partial charge in [0, 0.05) is 30.2 Å². The number of amides is 1. The Labute approximate surface area is 194 Å². The van der Waals surface area contributed by atoms with Crippen molar-refractivity contribution in [3.63, 3.8) is 0 Å². The zero-order valence-electron chi connectivity index (χ0n) is 19.0. The number of hydrazone groups is 1. The summed E-state index contributed by atoms with van der Waals surface area (Å²) in [6.07, 6.45) is 5.16. The first-order valence-corrected chi connectivity index (χ1v) is 11.1. The summed E-state index contributed by atoms with van der Waals surface area (Å²) in [6, 6.07) is 17.3. The lowest BCUT2D eigenvalue weighted by atomic mass is 10.0. The Hall–Kier alpha value is -3.87. The molecule has 0 saturated heterocycles. The van der Waals surface area contributed by atoms with Crippen LogP contribution in [0.15, 0.2) is 72.1 Å². The highest BCUT2D eigenvalue weighted by atomic mass is 16.5. The highest BCUT2D eigenvalue weighted by Crippen LogP contribution is 2.29. The second kappa shape index (κ2) is 10.6. The largest absolute Gasteiger partial charge is 0.493 e. The second-order valence-corrected chi connectivity index (χ2v) is 7.73. The number of hydrogen-bond acceptors (Lipinski definition) is 6. The van der Waals surface area contributed by atoms with Crippen LogP contribution >= 0.6 is 0 Å². The van der Waals surface area contributed by atoms with Crippen LogP contribution in [0.3, 0.4) is 0 Å². The van der Waals surface area contributed by atoms with Crippen molar-refractivity contribution in [3.8, 4) is 11.5 Å². The van der Waals surface area contributed by atoms with Crippen molar-refractivity contribution in [2.45, 2.75) is 26.3 Å². The standard InChI is InChI=1S/C26H28N4O3/c1-3-33-25-16-20(10-13-24(25)32-2)23-7-5-15-30(29-23)18-19-8-11-22(12-9-19)28-26(31)21-6-4-14-27-17-21/h4,6,8-14,16-17H,3,5,7,15,18H2,1-2H3,(H,28,31). The van der Waals surface area contributed by atoms with E-state index in [-0.39, 0.29) is 5.91 Å². The zero-order valence-corrected chi connectivity index (χ0v) is 19.0. The van der Waals surface area contributed by atoms with Gasteiger partial charge in [0.1, 0.15) is 0 Å². The molecule has 2 aromatic carbocycles. The average molecular weight is 445 g/mol. The van der Waals surface area contributed by atoms with E-state index in [1.165, 1.54) is 0 Å². The van der Waals surface area contributed by atoms with Crippen LogP contribution in [0.1, 0.15) is 41.3 Å². The summed E-state index contributed by atoms with van der Waals surface area (Å²) in [5.41, 5.74) is 4.51. The van der Waals surface area contributed by atoms with Crippen molar-refractivity contribution in [1.82, 2.24) is 9.99 Å². The van der Waals surface area contributed by atoms with E-state index in [1.54, 1.807) is 31.6 Å². The first-order chi connectivity index (χ1) is 16.2. The zero-order chi connectivity index (χ0) is 23.0. The van der Waals surface area contributed by atoms with Crippen molar-refractivity contribution in [2.24, 2.45) is 5.10 Å². The van der Waals surface area contributed by atoms with Crippen molar-refractivity contribution < 1.29 is 14.3 Å². The number of hydrogen-bond donors (Lipinski definition) is 1. The smallest absolute Gasteiger partial charge is 0.257 e. The van der Waals surface area contributed by atoms with E-state index in [1.807, 2.05) is 49.4 Å². The molecular weight excluding hydrogens is 416 g/mol. The molecule has 7 heteroatoms. The first kappa shape index (κ1) is 22.3. The summed E-state index contributed by atoms with van der Waals surface area (Å²) in [5, 5.41) is 9.88. The molecule has 0 bridgehead atoms. The maximum Gasteiger partial charge on any atom is 0.257 e. The molecule has 0 radical (unpaired) electrons. The number of pyridine rings is 1. The van der Waals surface area contributed by atoms with Crippen LogP contribution in [0.4, 0.5) is 5.69 Å². The molecular formula is C26H28N4O3. The lowest BCUT2D eigenvalue weighted by Gasteiger charge is -2.26. The minimum atomic E-state index is -0.174. The molecule has 0 atom stereocenters. The van der Waals surface area contributed by atoms with Gasteiger partial charge in [0.2, 0.25) is 0 Å². The van der Waals surface area contributed by atoms with Gasteiger partial charge < -0.3 is 14.8 Å². The molecule has 0 aliphatic carbocycles.